The van der Waals surface area contributed by atoms with Crippen LogP contribution in [0.15, 0.2) is 30.3 Å². The lowest BCUT2D eigenvalue weighted by atomic mass is 10.1. The Morgan fingerprint density at radius 3 is 2.21 bits per heavy atom. The van der Waals surface area contributed by atoms with E-state index in [1.807, 2.05) is 41.9 Å². The summed E-state index contributed by atoms with van der Waals surface area (Å²) in [4.78, 5) is 29.1. The molecule has 4 rings (SSSR count). The van der Waals surface area contributed by atoms with E-state index in [1.165, 1.54) is 0 Å². The van der Waals surface area contributed by atoms with Gasteiger partial charge in [0.05, 0.1) is 11.7 Å². The average molecular weight is 382 g/mol. The molecular weight excluding hydrogens is 356 g/mol. The van der Waals surface area contributed by atoms with Gasteiger partial charge in [-0.1, -0.05) is 23.4 Å². The molecule has 3 heterocycles. The van der Waals surface area contributed by atoms with Crippen LogP contribution in [0, 0.1) is 6.92 Å². The Morgan fingerprint density at radius 1 is 0.964 bits per heavy atom. The topological polar surface area (TPSA) is 83.4 Å². The van der Waals surface area contributed by atoms with Crippen molar-refractivity contribution in [1.29, 1.82) is 0 Å². The van der Waals surface area contributed by atoms with E-state index in [4.69, 9.17) is 0 Å². The number of nitrogens with zero attached hydrogens (tertiary/aromatic N) is 5. The fourth-order valence-electron chi connectivity index (χ4n) is 3.96. The second kappa shape index (κ2) is 8.10. The molecule has 1 aromatic carbocycles. The van der Waals surface area contributed by atoms with Crippen molar-refractivity contribution in [1.82, 2.24) is 30.1 Å². The van der Waals surface area contributed by atoms with Crippen LogP contribution in [0.4, 0.5) is 0 Å². The van der Waals surface area contributed by atoms with Crippen LogP contribution >= 0.6 is 0 Å². The van der Waals surface area contributed by atoms with Crippen LogP contribution in [0.3, 0.4) is 0 Å². The van der Waals surface area contributed by atoms with E-state index in [1.54, 1.807) is 9.80 Å². The van der Waals surface area contributed by atoms with Gasteiger partial charge in [0.2, 0.25) is 0 Å². The number of hydrogen-bond donors (Lipinski definition) is 1. The summed E-state index contributed by atoms with van der Waals surface area (Å²) < 4.78 is 1.91. The number of carbonyl (C=O) groups is 2. The van der Waals surface area contributed by atoms with Crippen LogP contribution in [-0.2, 0) is 0 Å². The Bertz CT molecular complexity index is 836. The van der Waals surface area contributed by atoms with Gasteiger partial charge in [-0.15, -0.1) is 5.10 Å². The molecule has 0 unspecified atom stereocenters. The molecule has 2 aliphatic heterocycles. The number of amides is 2. The Hall–Kier alpha value is -2.74. The van der Waals surface area contributed by atoms with Crippen LogP contribution in [0.5, 0.6) is 0 Å². The summed E-state index contributed by atoms with van der Waals surface area (Å²) in [7, 11) is 0. The van der Waals surface area contributed by atoms with Gasteiger partial charge in [0.15, 0.2) is 5.69 Å². The normalized spacial score (nSPS) is 18.3. The molecule has 8 heteroatoms. The molecule has 8 nitrogen and oxygen atoms in total. The number of benzene rings is 1. The SMILES string of the molecule is Cc1c(C(=O)N2CCN(C(=O)c3ccccc3)CC2)nnn1C1CCNCC1. The summed E-state index contributed by atoms with van der Waals surface area (Å²) in [5.41, 5.74) is 1.95. The number of rotatable bonds is 3. The lowest BCUT2D eigenvalue weighted by Gasteiger charge is -2.34. The molecule has 2 aromatic rings. The van der Waals surface area contributed by atoms with E-state index in [0.717, 1.165) is 31.6 Å². The second-order valence-corrected chi connectivity index (χ2v) is 7.40. The van der Waals surface area contributed by atoms with Crippen molar-refractivity contribution in [2.24, 2.45) is 0 Å². The second-order valence-electron chi connectivity index (χ2n) is 7.40. The van der Waals surface area contributed by atoms with Crippen molar-refractivity contribution in [3.05, 3.63) is 47.3 Å². The average Bonchev–Trinajstić information content (AvgIpc) is 3.15. The summed E-state index contributed by atoms with van der Waals surface area (Å²) in [6.45, 7) is 5.93. The van der Waals surface area contributed by atoms with Gasteiger partial charge in [0, 0.05) is 31.7 Å². The van der Waals surface area contributed by atoms with Gasteiger partial charge in [-0.3, -0.25) is 9.59 Å². The highest BCUT2D eigenvalue weighted by molar-refractivity contribution is 5.95. The van der Waals surface area contributed by atoms with Crippen LogP contribution in [0.2, 0.25) is 0 Å². The first-order valence-corrected chi connectivity index (χ1v) is 9.91. The molecule has 0 atom stereocenters. The summed E-state index contributed by atoms with van der Waals surface area (Å²) in [6.07, 6.45) is 2.00. The minimum atomic E-state index is -0.0931. The first-order chi connectivity index (χ1) is 13.6. The largest absolute Gasteiger partial charge is 0.335 e. The number of nitrogens with one attached hydrogen (secondary N) is 1. The molecule has 0 saturated carbocycles. The summed E-state index contributed by atoms with van der Waals surface area (Å²) in [6, 6.07) is 9.57. The van der Waals surface area contributed by atoms with Crippen molar-refractivity contribution in [2.75, 3.05) is 39.3 Å². The smallest absolute Gasteiger partial charge is 0.276 e. The van der Waals surface area contributed by atoms with Gasteiger partial charge < -0.3 is 15.1 Å². The maximum atomic E-state index is 13.0. The van der Waals surface area contributed by atoms with Crippen LogP contribution < -0.4 is 5.32 Å². The molecule has 2 aliphatic rings. The minimum absolute atomic E-state index is 0.0146. The van der Waals surface area contributed by atoms with Crippen LogP contribution in [-0.4, -0.2) is 75.9 Å². The summed E-state index contributed by atoms with van der Waals surface area (Å²) in [5, 5.41) is 11.8. The van der Waals surface area contributed by atoms with Gasteiger partial charge in [0.1, 0.15) is 0 Å². The number of hydrogen-bond acceptors (Lipinski definition) is 5. The van der Waals surface area contributed by atoms with Gasteiger partial charge in [0.25, 0.3) is 11.8 Å². The highest BCUT2D eigenvalue weighted by Crippen LogP contribution is 2.21. The number of aromatic nitrogens is 3. The molecule has 0 aliphatic carbocycles. The van der Waals surface area contributed by atoms with Crippen molar-refractivity contribution in [3.8, 4) is 0 Å². The zero-order valence-electron chi connectivity index (χ0n) is 16.2. The third-order valence-corrected chi connectivity index (χ3v) is 5.66. The van der Waals surface area contributed by atoms with Gasteiger partial charge in [-0.05, 0) is 45.0 Å². The predicted molar refractivity (Wildman–Crippen MR) is 104 cm³/mol. The summed E-state index contributed by atoms with van der Waals surface area (Å²) >= 11 is 0. The Labute approximate surface area is 164 Å². The quantitative estimate of drug-likeness (QED) is 0.860. The molecule has 28 heavy (non-hydrogen) atoms. The fourth-order valence-corrected chi connectivity index (χ4v) is 3.96. The van der Waals surface area contributed by atoms with Crippen LogP contribution in [0.1, 0.15) is 45.4 Å². The molecule has 1 aromatic heterocycles. The van der Waals surface area contributed by atoms with Crippen molar-refractivity contribution < 1.29 is 9.59 Å². The summed E-state index contributed by atoms with van der Waals surface area (Å²) in [5.74, 6) is -0.0785. The maximum absolute atomic E-state index is 13.0. The molecule has 2 fully saturated rings. The lowest BCUT2D eigenvalue weighted by Crippen LogP contribution is -2.50. The molecule has 2 saturated heterocycles. The van der Waals surface area contributed by atoms with E-state index < -0.39 is 0 Å². The van der Waals surface area contributed by atoms with E-state index in [9.17, 15) is 9.59 Å². The number of piperidine rings is 1. The molecule has 0 radical (unpaired) electrons. The predicted octanol–water partition coefficient (Wildman–Crippen LogP) is 1.11. The van der Waals surface area contributed by atoms with E-state index >= 15 is 0 Å². The van der Waals surface area contributed by atoms with Crippen molar-refractivity contribution >= 4 is 11.8 Å². The zero-order chi connectivity index (χ0) is 19.5. The minimum Gasteiger partial charge on any atom is -0.335 e. The van der Waals surface area contributed by atoms with Crippen molar-refractivity contribution in [2.45, 2.75) is 25.8 Å². The molecule has 0 bridgehead atoms. The van der Waals surface area contributed by atoms with E-state index in [0.29, 0.717) is 43.5 Å². The highest BCUT2D eigenvalue weighted by Gasteiger charge is 2.29. The van der Waals surface area contributed by atoms with Gasteiger partial charge in [-0.2, -0.15) is 0 Å². The number of piperazine rings is 1. The molecule has 148 valence electrons. The first-order valence-electron chi connectivity index (χ1n) is 9.91. The molecular formula is C20H26N6O2. The third kappa shape index (κ3) is 3.64. The molecule has 0 spiro atoms. The monoisotopic (exact) mass is 382 g/mol. The Morgan fingerprint density at radius 2 is 1.57 bits per heavy atom. The highest BCUT2D eigenvalue weighted by atomic mass is 16.2. The first kappa shape index (κ1) is 18.6. The fraction of sp³-hybridized carbons (Fsp3) is 0.500. The Balaban J connectivity index is 1.39. The molecule has 2 amide bonds. The van der Waals surface area contributed by atoms with Gasteiger partial charge in [-0.25, -0.2) is 4.68 Å². The van der Waals surface area contributed by atoms with E-state index in [2.05, 4.69) is 15.6 Å². The molecule has 1 N–H and O–H groups in total. The van der Waals surface area contributed by atoms with E-state index in [-0.39, 0.29) is 11.8 Å². The number of carbonyl (C=O) groups excluding carboxylic acids is 2. The zero-order valence-corrected chi connectivity index (χ0v) is 16.2. The van der Waals surface area contributed by atoms with Crippen LogP contribution in [0.25, 0.3) is 0 Å². The van der Waals surface area contributed by atoms with Gasteiger partial charge >= 0.3 is 0 Å². The standard InChI is InChI=1S/C20H26N6O2/c1-15-18(22-23-26(15)17-7-9-21-10-8-17)20(28)25-13-11-24(12-14-25)19(27)16-5-3-2-4-6-16/h2-6,17,21H,7-14H2,1H3. The lowest BCUT2D eigenvalue weighted by molar-refractivity contribution is 0.0531. The maximum Gasteiger partial charge on any atom is 0.276 e. The van der Waals surface area contributed by atoms with Crippen molar-refractivity contribution in [3.63, 3.8) is 0 Å². The third-order valence-electron chi connectivity index (χ3n) is 5.66. The Kier molecular flexibility index (Phi) is 5.38.